The van der Waals surface area contributed by atoms with Gasteiger partial charge in [0.1, 0.15) is 11.5 Å². The van der Waals surface area contributed by atoms with Gasteiger partial charge in [-0.15, -0.1) is 0 Å². The minimum atomic E-state index is -0.469. The lowest BCUT2D eigenvalue weighted by Gasteiger charge is -2.20. The lowest BCUT2D eigenvalue weighted by atomic mass is 9.87. The Bertz CT molecular complexity index is 881. The number of benzene rings is 2. The number of hydrogen-bond acceptors (Lipinski definition) is 4. The minimum absolute atomic E-state index is 0.0159. The van der Waals surface area contributed by atoms with Gasteiger partial charge in [0.2, 0.25) is 0 Å². The van der Waals surface area contributed by atoms with Crippen LogP contribution in [0.25, 0.3) is 0 Å². The van der Waals surface area contributed by atoms with Crippen molar-refractivity contribution in [2.45, 2.75) is 26.2 Å². The van der Waals surface area contributed by atoms with Gasteiger partial charge in [0.25, 0.3) is 11.8 Å². The number of nitrogens with one attached hydrogen (secondary N) is 2. The highest BCUT2D eigenvalue weighted by Crippen LogP contribution is 2.31. The van der Waals surface area contributed by atoms with Crippen LogP contribution in [0.3, 0.4) is 0 Å². The van der Waals surface area contributed by atoms with Gasteiger partial charge in [0.05, 0.1) is 15.2 Å². The van der Waals surface area contributed by atoms with Crippen LogP contribution in [0.2, 0.25) is 0 Å². The highest BCUT2D eigenvalue weighted by molar-refractivity contribution is 14.1. The molecule has 0 saturated carbocycles. The highest BCUT2D eigenvalue weighted by atomic mass is 127. The van der Waals surface area contributed by atoms with E-state index in [-0.39, 0.29) is 12.0 Å². The molecule has 8 heteroatoms. The Balaban J connectivity index is 1.87. The van der Waals surface area contributed by atoms with Crippen molar-refractivity contribution < 1.29 is 19.1 Å². The first-order valence-electron chi connectivity index (χ1n) is 8.47. The van der Waals surface area contributed by atoms with E-state index in [1.165, 1.54) is 0 Å². The molecule has 0 aliphatic carbocycles. The summed E-state index contributed by atoms with van der Waals surface area (Å²) >= 11 is 5.54. The van der Waals surface area contributed by atoms with Crippen molar-refractivity contribution in [3.8, 4) is 11.5 Å². The Labute approximate surface area is 186 Å². The summed E-state index contributed by atoms with van der Waals surface area (Å²) in [5.74, 6) is 0.338. The topological polar surface area (TPSA) is 76.7 Å². The van der Waals surface area contributed by atoms with Gasteiger partial charge in [-0.2, -0.15) is 0 Å². The van der Waals surface area contributed by atoms with Crippen molar-refractivity contribution in [3.05, 3.63) is 55.6 Å². The van der Waals surface area contributed by atoms with E-state index >= 15 is 0 Å². The number of carbonyl (C=O) groups excluding carboxylic acids is 2. The molecular weight excluding hydrogens is 539 g/mol. The number of hydrazine groups is 1. The maximum atomic E-state index is 12.1. The number of halogens is 2. The van der Waals surface area contributed by atoms with Crippen molar-refractivity contribution in [1.29, 1.82) is 0 Å². The normalized spacial score (nSPS) is 10.9. The van der Waals surface area contributed by atoms with Crippen molar-refractivity contribution in [2.75, 3.05) is 13.7 Å². The van der Waals surface area contributed by atoms with E-state index in [0.717, 1.165) is 13.6 Å². The summed E-state index contributed by atoms with van der Waals surface area (Å²) in [6.07, 6.45) is 0. The molecule has 6 nitrogen and oxygen atoms in total. The highest BCUT2D eigenvalue weighted by Gasteiger charge is 2.16. The van der Waals surface area contributed by atoms with Crippen LogP contribution in [0, 0.1) is 3.57 Å². The van der Waals surface area contributed by atoms with Gasteiger partial charge in [-0.3, -0.25) is 20.4 Å². The van der Waals surface area contributed by atoms with E-state index in [0.29, 0.717) is 17.1 Å². The van der Waals surface area contributed by atoms with Crippen LogP contribution in [0.5, 0.6) is 11.5 Å². The maximum absolute atomic E-state index is 12.1. The SMILES string of the molecule is COc1ccc(C(=O)NNC(=O)COc2ccc(C(C)(C)C)cc2Br)cc1I. The average molecular weight is 561 g/mol. The van der Waals surface area contributed by atoms with Gasteiger partial charge >= 0.3 is 0 Å². The summed E-state index contributed by atoms with van der Waals surface area (Å²) < 4.78 is 12.2. The molecule has 0 saturated heterocycles. The Morgan fingerprint density at radius 1 is 1.07 bits per heavy atom. The molecule has 0 aromatic heterocycles. The zero-order valence-electron chi connectivity index (χ0n) is 16.1. The molecule has 0 fully saturated rings. The van der Waals surface area contributed by atoms with Gasteiger partial charge in [0, 0.05) is 5.56 Å². The fourth-order valence-electron chi connectivity index (χ4n) is 2.27. The van der Waals surface area contributed by atoms with Crippen molar-refractivity contribution >= 4 is 50.3 Å². The quantitative estimate of drug-likeness (QED) is 0.424. The standard InChI is InChI=1S/C20H22BrIN2O4/c1-20(2,3)13-6-8-16(14(21)10-13)28-11-18(25)23-24-19(26)12-5-7-17(27-4)15(22)9-12/h5-10H,11H2,1-4H3,(H,23,25)(H,24,26). The van der Waals surface area contributed by atoms with Crippen LogP contribution in [0.1, 0.15) is 36.7 Å². The van der Waals surface area contributed by atoms with Crippen LogP contribution in [0.15, 0.2) is 40.9 Å². The van der Waals surface area contributed by atoms with Gasteiger partial charge in [-0.05, 0) is 79.8 Å². The molecule has 0 heterocycles. The largest absolute Gasteiger partial charge is 0.496 e. The summed E-state index contributed by atoms with van der Waals surface area (Å²) in [6, 6.07) is 10.7. The summed E-state index contributed by atoms with van der Waals surface area (Å²) in [7, 11) is 1.56. The Hall–Kier alpha value is -1.81. The molecule has 2 aromatic carbocycles. The summed E-state index contributed by atoms with van der Waals surface area (Å²) in [4.78, 5) is 24.1. The third-order valence-electron chi connectivity index (χ3n) is 3.89. The van der Waals surface area contributed by atoms with Crippen LogP contribution in [-0.2, 0) is 10.2 Å². The van der Waals surface area contributed by atoms with E-state index in [4.69, 9.17) is 9.47 Å². The lowest BCUT2D eigenvalue weighted by Crippen LogP contribution is -2.43. The molecule has 0 radical (unpaired) electrons. The third-order valence-corrected chi connectivity index (χ3v) is 5.35. The van der Waals surface area contributed by atoms with E-state index in [1.54, 1.807) is 25.3 Å². The number of rotatable bonds is 5. The number of methoxy groups -OCH3 is 1. The zero-order chi connectivity index (χ0) is 20.9. The predicted molar refractivity (Wildman–Crippen MR) is 120 cm³/mol. The second-order valence-corrected chi connectivity index (χ2v) is 9.05. The Kier molecular flexibility index (Phi) is 7.70. The molecule has 0 atom stereocenters. The molecule has 2 aromatic rings. The maximum Gasteiger partial charge on any atom is 0.276 e. The van der Waals surface area contributed by atoms with Gasteiger partial charge < -0.3 is 9.47 Å². The molecule has 2 amide bonds. The number of hydrogen-bond donors (Lipinski definition) is 2. The molecule has 0 spiro atoms. The molecule has 150 valence electrons. The summed E-state index contributed by atoms with van der Waals surface area (Å²) in [5, 5.41) is 0. The molecule has 0 bridgehead atoms. The molecule has 2 rings (SSSR count). The first kappa shape index (κ1) is 22.5. The Morgan fingerprint density at radius 2 is 1.75 bits per heavy atom. The molecule has 2 N–H and O–H groups in total. The zero-order valence-corrected chi connectivity index (χ0v) is 19.8. The lowest BCUT2D eigenvalue weighted by molar-refractivity contribution is -0.123. The first-order valence-corrected chi connectivity index (χ1v) is 10.3. The smallest absolute Gasteiger partial charge is 0.276 e. The molecular formula is C20H22BrIN2O4. The third kappa shape index (κ3) is 6.10. The fourth-order valence-corrected chi connectivity index (χ4v) is 3.50. The predicted octanol–water partition coefficient (Wildman–Crippen LogP) is 4.20. The van der Waals surface area contributed by atoms with E-state index in [1.807, 2.05) is 18.2 Å². The fraction of sp³-hybridized carbons (Fsp3) is 0.300. The average Bonchev–Trinajstić information content (AvgIpc) is 2.64. The monoisotopic (exact) mass is 560 g/mol. The molecule has 0 unspecified atom stereocenters. The van der Waals surface area contributed by atoms with Crippen LogP contribution in [0.4, 0.5) is 0 Å². The van der Waals surface area contributed by atoms with E-state index in [9.17, 15) is 9.59 Å². The number of amides is 2. The van der Waals surface area contributed by atoms with Crippen molar-refractivity contribution in [1.82, 2.24) is 10.9 Å². The van der Waals surface area contributed by atoms with Gasteiger partial charge in [-0.25, -0.2) is 0 Å². The summed E-state index contributed by atoms with van der Waals surface area (Å²) in [5.41, 5.74) is 6.29. The van der Waals surface area contributed by atoms with Crippen LogP contribution < -0.4 is 20.3 Å². The van der Waals surface area contributed by atoms with Gasteiger partial charge in [-0.1, -0.05) is 26.8 Å². The van der Waals surface area contributed by atoms with Crippen molar-refractivity contribution in [3.63, 3.8) is 0 Å². The van der Waals surface area contributed by atoms with E-state index < -0.39 is 11.8 Å². The molecule has 0 aliphatic rings. The minimum Gasteiger partial charge on any atom is -0.496 e. The molecule has 28 heavy (non-hydrogen) atoms. The molecule has 0 aliphatic heterocycles. The van der Waals surface area contributed by atoms with E-state index in [2.05, 4.69) is 70.1 Å². The number of carbonyl (C=O) groups is 2. The van der Waals surface area contributed by atoms with Gasteiger partial charge in [0.15, 0.2) is 6.61 Å². The van der Waals surface area contributed by atoms with Crippen LogP contribution in [-0.4, -0.2) is 25.5 Å². The first-order chi connectivity index (χ1) is 13.1. The summed E-state index contributed by atoms with van der Waals surface area (Å²) in [6.45, 7) is 6.13. The second kappa shape index (κ2) is 9.60. The Morgan fingerprint density at radius 3 is 2.32 bits per heavy atom. The number of ether oxygens (including phenoxy) is 2. The van der Waals surface area contributed by atoms with Crippen LogP contribution >= 0.6 is 38.5 Å². The van der Waals surface area contributed by atoms with Crippen molar-refractivity contribution in [2.24, 2.45) is 0 Å². The second-order valence-electron chi connectivity index (χ2n) is 7.04.